The number of halogens is 3. The van der Waals surface area contributed by atoms with E-state index in [9.17, 15) is 9.18 Å². The summed E-state index contributed by atoms with van der Waals surface area (Å²) in [7, 11) is 0. The fourth-order valence-electron chi connectivity index (χ4n) is 2.76. The summed E-state index contributed by atoms with van der Waals surface area (Å²) >= 11 is 5.82. The molecule has 0 aliphatic carbocycles. The molecule has 0 radical (unpaired) electrons. The maximum Gasteiger partial charge on any atom is 0.266 e. The molecular weight excluding hydrogens is 617 g/mol. The third-order valence-corrected chi connectivity index (χ3v) is 6.79. The van der Waals surface area contributed by atoms with Crippen LogP contribution in [0.5, 0.6) is 5.75 Å². The minimum atomic E-state index is -0.277. The Bertz CT molecular complexity index is 971. The molecule has 1 saturated heterocycles. The van der Waals surface area contributed by atoms with Crippen molar-refractivity contribution in [1.29, 1.82) is 0 Å². The van der Waals surface area contributed by atoms with Crippen molar-refractivity contribution >= 4 is 74.1 Å². The number of carbonyl (C=O) groups excluding carboxylic acids is 1. The van der Waals surface area contributed by atoms with E-state index < -0.39 is 0 Å². The Kier molecular flexibility index (Phi) is 7.97. The van der Waals surface area contributed by atoms with Gasteiger partial charge in [0, 0.05) is 18.7 Å². The molecule has 0 atom stereocenters. The topological polar surface area (TPSA) is 41.9 Å². The van der Waals surface area contributed by atoms with Crippen molar-refractivity contribution in [3.63, 3.8) is 0 Å². The van der Waals surface area contributed by atoms with Crippen molar-refractivity contribution in [2.45, 2.75) is 20.5 Å². The van der Waals surface area contributed by atoms with Crippen molar-refractivity contribution in [2.75, 3.05) is 13.1 Å². The van der Waals surface area contributed by atoms with Gasteiger partial charge in [0.15, 0.2) is 5.17 Å². The molecule has 29 heavy (non-hydrogen) atoms. The zero-order valence-electron chi connectivity index (χ0n) is 15.9. The standard InChI is InChI=1S/C21H19FI2N2O2S/c1-3-25-21-26(4-2)20(27)18(29-21)11-13-9-16(23)19(17(24)10-13)28-12-14-7-5-6-8-15(14)22/h5-11H,3-4,12H2,1-2H3/b18-11-,25-21?. The van der Waals surface area contributed by atoms with E-state index in [4.69, 9.17) is 4.74 Å². The van der Waals surface area contributed by atoms with Gasteiger partial charge in [-0.1, -0.05) is 18.2 Å². The van der Waals surface area contributed by atoms with Gasteiger partial charge in [-0.15, -0.1) is 0 Å². The largest absolute Gasteiger partial charge is 0.487 e. The molecule has 1 heterocycles. The van der Waals surface area contributed by atoms with E-state index in [2.05, 4.69) is 50.2 Å². The molecule has 0 aromatic heterocycles. The summed E-state index contributed by atoms with van der Waals surface area (Å²) in [5, 5.41) is 0.750. The number of aliphatic imine (C=N–C) groups is 1. The Morgan fingerprint density at radius 2 is 1.90 bits per heavy atom. The lowest BCUT2D eigenvalue weighted by molar-refractivity contribution is -0.122. The number of nitrogens with zero attached hydrogens (tertiary/aromatic N) is 2. The molecule has 8 heteroatoms. The number of amides is 1. The molecular formula is C21H19FI2N2O2S. The average molecular weight is 636 g/mol. The molecule has 1 aliphatic rings. The summed E-state index contributed by atoms with van der Waals surface area (Å²) in [4.78, 5) is 19.4. The van der Waals surface area contributed by atoms with E-state index in [0.717, 1.165) is 17.9 Å². The fraction of sp³-hybridized carbons (Fsp3) is 0.238. The van der Waals surface area contributed by atoms with Gasteiger partial charge in [0.25, 0.3) is 5.91 Å². The van der Waals surface area contributed by atoms with Gasteiger partial charge in [-0.25, -0.2) is 4.39 Å². The van der Waals surface area contributed by atoms with E-state index in [0.29, 0.717) is 29.3 Å². The number of hydrogen-bond acceptors (Lipinski definition) is 4. The van der Waals surface area contributed by atoms with Crippen molar-refractivity contribution in [1.82, 2.24) is 4.90 Å². The number of thioether (sulfide) groups is 1. The minimum Gasteiger partial charge on any atom is -0.487 e. The first-order valence-corrected chi connectivity index (χ1v) is 12.0. The van der Waals surface area contributed by atoms with Crippen LogP contribution in [0.3, 0.4) is 0 Å². The zero-order valence-corrected chi connectivity index (χ0v) is 21.0. The van der Waals surface area contributed by atoms with Crippen LogP contribution in [0.25, 0.3) is 6.08 Å². The minimum absolute atomic E-state index is 0.0189. The normalized spacial score (nSPS) is 16.9. The Labute approximate surface area is 201 Å². The van der Waals surface area contributed by atoms with Crippen molar-refractivity contribution in [3.8, 4) is 5.75 Å². The fourth-order valence-corrected chi connectivity index (χ4v) is 5.99. The van der Waals surface area contributed by atoms with E-state index in [1.807, 2.05) is 32.1 Å². The number of rotatable bonds is 6. The van der Waals surface area contributed by atoms with Gasteiger partial charge < -0.3 is 4.74 Å². The predicted molar refractivity (Wildman–Crippen MR) is 134 cm³/mol. The van der Waals surface area contributed by atoms with Gasteiger partial charge in [0.1, 0.15) is 18.2 Å². The van der Waals surface area contributed by atoms with Crippen LogP contribution in [-0.4, -0.2) is 29.1 Å². The van der Waals surface area contributed by atoms with Gasteiger partial charge in [-0.3, -0.25) is 14.7 Å². The van der Waals surface area contributed by atoms with Crippen LogP contribution < -0.4 is 4.74 Å². The van der Waals surface area contributed by atoms with Gasteiger partial charge in [0.05, 0.1) is 12.0 Å². The molecule has 2 aromatic rings. The summed E-state index contributed by atoms with van der Waals surface area (Å²) in [5.74, 6) is 0.417. The van der Waals surface area contributed by atoms with Gasteiger partial charge in [0.2, 0.25) is 0 Å². The second kappa shape index (κ2) is 10.3. The third-order valence-electron chi connectivity index (χ3n) is 4.15. The van der Waals surface area contributed by atoms with Crippen LogP contribution in [0.2, 0.25) is 0 Å². The van der Waals surface area contributed by atoms with Crippen LogP contribution in [0, 0.1) is 13.0 Å². The Morgan fingerprint density at radius 3 is 2.52 bits per heavy atom. The summed E-state index contributed by atoms with van der Waals surface area (Å²) in [6.07, 6.45) is 1.89. The number of carbonyl (C=O) groups is 1. The van der Waals surface area contributed by atoms with Crippen molar-refractivity contribution in [2.24, 2.45) is 4.99 Å². The SMILES string of the molecule is CCN=C1S/C(=C\c2cc(I)c(OCc3ccccc3F)c(I)c2)C(=O)N1CC. The quantitative estimate of drug-likeness (QED) is 0.292. The number of amidine groups is 1. The lowest BCUT2D eigenvalue weighted by atomic mass is 10.2. The van der Waals surface area contributed by atoms with Gasteiger partial charge in [-0.2, -0.15) is 0 Å². The van der Waals surface area contributed by atoms with Gasteiger partial charge >= 0.3 is 0 Å². The summed E-state index contributed by atoms with van der Waals surface area (Å²) < 4.78 is 21.5. The Morgan fingerprint density at radius 1 is 1.21 bits per heavy atom. The van der Waals surface area contributed by atoms with E-state index >= 15 is 0 Å². The van der Waals surface area contributed by atoms with Gasteiger partial charge in [-0.05, 0) is 101 Å². The molecule has 1 amide bonds. The van der Waals surface area contributed by atoms with Crippen LogP contribution >= 0.6 is 56.9 Å². The number of benzene rings is 2. The van der Waals surface area contributed by atoms with E-state index in [-0.39, 0.29) is 18.3 Å². The molecule has 0 spiro atoms. The first-order valence-electron chi connectivity index (χ1n) is 9.05. The molecule has 4 nitrogen and oxygen atoms in total. The second-order valence-electron chi connectivity index (χ2n) is 6.11. The first kappa shape index (κ1) is 22.5. The molecule has 152 valence electrons. The maximum atomic E-state index is 13.8. The van der Waals surface area contributed by atoms with Crippen molar-refractivity contribution in [3.05, 3.63) is 65.4 Å². The highest BCUT2D eigenvalue weighted by molar-refractivity contribution is 14.1. The van der Waals surface area contributed by atoms with Crippen LogP contribution in [0.15, 0.2) is 46.3 Å². The smallest absolute Gasteiger partial charge is 0.266 e. The number of likely N-dealkylation sites (N-methyl/N-ethyl adjacent to an activating group) is 1. The summed E-state index contributed by atoms with van der Waals surface area (Å²) in [5.41, 5.74) is 1.43. The van der Waals surface area contributed by atoms with E-state index in [1.54, 1.807) is 23.1 Å². The van der Waals surface area contributed by atoms with Crippen LogP contribution in [-0.2, 0) is 11.4 Å². The highest BCUT2D eigenvalue weighted by Gasteiger charge is 2.31. The lowest BCUT2D eigenvalue weighted by Gasteiger charge is -2.12. The Hall–Kier alpha value is -1.14. The molecule has 1 aliphatic heterocycles. The summed E-state index contributed by atoms with van der Waals surface area (Å²) in [6, 6.07) is 10.5. The summed E-state index contributed by atoms with van der Waals surface area (Å²) in [6.45, 7) is 5.30. The molecule has 3 rings (SSSR count). The maximum absolute atomic E-state index is 13.8. The monoisotopic (exact) mass is 636 g/mol. The number of hydrogen-bond donors (Lipinski definition) is 0. The molecule has 2 aromatic carbocycles. The highest BCUT2D eigenvalue weighted by Crippen LogP contribution is 2.35. The molecule has 0 N–H and O–H groups in total. The van der Waals surface area contributed by atoms with Crippen molar-refractivity contribution < 1.29 is 13.9 Å². The Balaban J connectivity index is 1.82. The first-order chi connectivity index (χ1) is 13.9. The van der Waals surface area contributed by atoms with Crippen LogP contribution in [0.1, 0.15) is 25.0 Å². The second-order valence-corrected chi connectivity index (χ2v) is 9.44. The molecule has 0 bridgehead atoms. The molecule has 0 saturated carbocycles. The average Bonchev–Trinajstić information content (AvgIpc) is 2.97. The molecule has 1 fully saturated rings. The number of ether oxygens (including phenoxy) is 1. The molecule has 0 unspecified atom stereocenters. The lowest BCUT2D eigenvalue weighted by Crippen LogP contribution is -2.28. The van der Waals surface area contributed by atoms with Crippen LogP contribution in [0.4, 0.5) is 4.39 Å². The third kappa shape index (κ3) is 5.32. The highest BCUT2D eigenvalue weighted by atomic mass is 127. The predicted octanol–water partition coefficient (Wildman–Crippen LogP) is 5.93. The van der Waals surface area contributed by atoms with E-state index in [1.165, 1.54) is 17.8 Å². The zero-order chi connectivity index (χ0) is 21.0.